The molecule has 31 heavy (non-hydrogen) atoms. The summed E-state index contributed by atoms with van der Waals surface area (Å²) in [5.74, 6) is 0. The monoisotopic (exact) mass is 438 g/mol. The lowest BCUT2D eigenvalue weighted by atomic mass is 9.87. The molecule has 2 aromatic carbocycles. The van der Waals surface area contributed by atoms with Crippen molar-refractivity contribution in [2.24, 2.45) is 0 Å². The lowest BCUT2D eigenvalue weighted by molar-refractivity contribution is 0.590. The molecule has 0 nitrogen and oxygen atoms in total. The first-order chi connectivity index (χ1) is 13.7. The highest BCUT2D eigenvalue weighted by Crippen LogP contribution is 2.26. The second-order valence-electron chi connectivity index (χ2n) is 11.0. The third-order valence-corrected chi connectivity index (χ3v) is 6.11. The maximum absolute atomic E-state index is 2.23. The molecular formula is C30H46S. The molecule has 0 saturated heterocycles. The molecule has 0 amide bonds. The molecule has 0 aliphatic rings. The minimum atomic E-state index is 0. The molecule has 0 aliphatic carbocycles. The Morgan fingerprint density at radius 3 is 1.26 bits per heavy atom. The fraction of sp³-hybridized carbons (Fsp3) is 0.467. The van der Waals surface area contributed by atoms with Gasteiger partial charge in [0, 0.05) is 4.88 Å². The second kappa shape index (κ2) is 12.2. The third kappa shape index (κ3) is 11.4. The molecule has 0 aliphatic heterocycles. The van der Waals surface area contributed by atoms with Crippen LogP contribution < -0.4 is 0 Å². The van der Waals surface area contributed by atoms with Gasteiger partial charge in [-0.3, -0.25) is 0 Å². The first-order valence-corrected chi connectivity index (χ1v) is 11.8. The zero-order valence-electron chi connectivity index (χ0n) is 20.8. The first-order valence-electron chi connectivity index (χ1n) is 10.9. The van der Waals surface area contributed by atoms with Crippen LogP contribution >= 0.6 is 11.3 Å². The van der Waals surface area contributed by atoms with Crippen molar-refractivity contribution in [1.29, 1.82) is 0 Å². The minimum absolute atomic E-state index is 0. The highest BCUT2D eigenvalue weighted by Gasteiger charge is 2.13. The van der Waals surface area contributed by atoms with Crippen molar-refractivity contribution in [2.75, 3.05) is 0 Å². The average Bonchev–Trinajstić information content (AvgIpc) is 3.18. The van der Waals surface area contributed by atoms with E-state index < -0.39 is 0 Å². The van der Waals surface area contributed by atoms with Gasteiger partial charge >= 0.3 is 0 Å². The molecule has 0 N–H and O–H groups in total. The molecule has 1 heterocycles. The summed E-state index contributed by atoms with van der Waals surface area (Å²) < 4.78 is 0. The van der Waals surface area contributed by atoms with Gasteiger partial charge in [-0.05, 0) is 45.7 Å². The normalized spacial score (nSPS) is 11.3. The number of rotatable bonds is 0. The second-order valence-corrected chi connectivity index (χ2v) is 11.9. The van der Waals surface area contributed by atoms with E-state index in [1.807, 2.05) is 11.3 Å². The molecule has 0 unspecified atom stereocenters. The summed E-state index contributed by atoms with van der Waals surface area (Å²) in [6.07, 6.45) is 0. The largest absolute Gasteiger partial charge is 0.148 e. The van der Waals surface area contributed by atoms with Gasteiger partial charge in [0.25, 0.3) is 0 Å². The van der Waals surface area contributed by atoms with Crippen molar-refractivity contribution < 1.29 is 0 Å². The van der Waals surface area contributed by atoms with E-state index in [-0.39, 0.29) is 12.8 Å². The van der Waals surface area contributed by atoms with Crippen LogP contribution in [0.15, 0.2) is 72.1 Å². The Hall–Kier alpha value is -1.86. The van der Waals surface area contributed by atoms with Crippen molar-refractivity contribution in [3.63, 3.8) is 0 Å². The van der Waals surface area contributed by atoms with Crippen LogP contribution in [0.5, 0.6) is 0 Å². The number of benzene rings is 2. The summed E-state index contributed by atoms with van der Waals surface area (Å²) in [6, 6.07) is 23.6. The Bertz CT molecular complexity index is 819. The number of thiophene rings is 1. The Morgan fingerprint density at radius 2 is 0.968 bits per heavy atom. The van der Waals surface area contributed by atoms with Crippen molar-refractivity contribution in [3.05, 3.63) is 93.7 Å². The van der Waals surface area contributed by atoms with E-state index in [1.54, 1.807) is 0 Å². The Kier molecular flexibility index (Phi) is 11.5. The summed E-state index contributed by atoms with van der Waals surface area (Å²) in [4.78, 5) is 1.46. The lowest BCUT2D eigenvalue weighted by Gasteiger charge is -2.18. The number of hydrogen-bond acceptors (Lipinski definition) is 1. The molecule has 0 bridgehead atoms. The zero-order chi connectivity index (χ0) is 23.0. The standard InChI is InChI=1S/C11H16.C10H14.C8H12S.CH4/c1-9-5-7-10(8-6-9)11(2,3)4;1-10(2,3)9-7-5-4-6-8-9;1-8(2,3)7-5-4-6-9-7;/h5-8H,1-4H3;4-8H,1-3H3;4-6H,1-3H3;1H4. The SMILES string of the molecule is C.CC(C)(C)c1ccccc1.CC(C)(C)c1cccs1.Cc1ccc(C(C)(C)C)cc1. The quantitative estimate of drug-likeness (QED) is 0.327. The van der Waals surface area contributed by atoms with Gasteiger partial charge in [-0.2, -0.15) is 0 Å². The van der Waals surface area contributed by atoms with E-state index in [0.717, 1.165) is 0 Å². The van der Waals surface area contributed by atoms with E-state index in [4.69, 9.17) is 0 Å². The van der Waals surface area contributed by atoms with Crippen molar-refractivity contribution in [2.45, 2.75) is 92.9 Å². The van der Waals surface area contributed by atoms with Crippen molar-refractivity contribution >= 4 is 11.3 Å². The van der Waals surface area contributed by atoms with Gasteiger partial charge in [-0.1, -0.05) is 136 Å². The molecule has 172 valence electrons. The highest BCUT2D eigenvalue weighted by molar-refractivity contribution is 7.10. The van der Waals surface area contributed by atoms with Crippen molar-refractivity contribution in [3.8, 4) is 0 Å². The minimum Gasteiger partial charge on any atom is -0.148 e. The predicted molar refractivity (Wildman–Crippen MR) is 145 cm³/mol. The fourth-order valence-corrected chi connectivity index (χ4v) is 3.51. The van der Waals surface area contributed by atoms with Crippen LogP contribution in [-0.2, 0) is 16.2 Å². The van der Waals surface area contributed by atoms with E-state index in [9.17, 15) is 0 Å². The molecule has 0 radical (unpaired) electrons. The Morgan fingerprint density at radius 1 is 0.516 bits per heavy atom. The highest BCUT2D eigenvalue weighted by atomic mass is 32.1. The maximum atomic E-state index is 2.23. The summed E-state index contributed by atoms with van der Waals surface area (Å²) >= 11 is 1.83. The summed E-state index contributed by atoms with van der Waals surface area (Å²) in [7, 11) is 0. The summed E-state index contributed by atoms with van der Waals surface area (Å²) in [6.45, 7) is 22.2. The molecule has 0 atom stereocenters. The summed E-state index contributed by atoms with van der Waals surface area (Å²) in [5, 5.41) is 2.13. The molecule has 0 spiro atoms. The zero-order valence-corrected chi connectivity index (χ0v) is 21.7. The van der Waals surface area contributed by atoms with Crippen LogP contribution in [-0.4, -0.2) is 0 Å². The van der Waals surface area contributed by atoms with Gasteiger partial charge < -0.3 is 0 Å². The van der Waals surface area contributed by atoms with Crippen LogP contribution in [0, 0.1) is 6.92 Å². The van der Waals surface area contributed by atoms with E-state index >= 15 is 0 Å². The molecule has 1 aromatic heterocycles. The Labute approximate surface area is 197 Å². The van der Waals surface area contributed by atoms with Gasteiger partial charge in [-0.25, -0.2) is 0 Å². The molecule has 0 fully saturated rings. The number of aryl methyl sites for hydroxylation is 1. The van der Waals surface area contributed by atoms with Gasteiger partial charge in [-0.15, -0.1) is 11.3 Å². The van der Waals surface area contributed by atoms with E-state index in [2.05, 4.69) is 141 Å². The molecule has 1 heteroatoms. The maximum Gasteiger partial charge on any atom is 0.00987 e. The van der Waals surface area contributed by atoms with E-state index in [1.165, 1.54) is 21.6 Å². The Balaban J connectivity index is 0.000000431. The third-order valence-electron chi connectivity index (χ3n) is 4.82. The first kappa shape index (κ1) is 29.1. The van der Waals surface area contributed by atoms with Crippen LogP contribution in [0.2, 0.25) is 0 Å². The summed E-state index contributed by atoms with van der Waals surface area (Å²) in [5.41, 5.74) is 5.06. The molecule has 3 rings (SSSR count). The van der Waals surface area contributed by atoms with Crippen LogP contribution in [0.3, 0.4) is 0 Å². The van der Waals surface area contributed by atoms with Gasteiger partial charge in [0.05, 0.1) is 0 Å². The van der Waals surface area contributed by atoms with Crippen LogP contribution in [0.4, 0.5) is 0 Å². The smallest absolute Gasteiger partial charge is 0.00987 e. The van der Waals surface area contributed by atoms with Gasteiger partial charge in [0.15, 0.2) is 0 Å². The fourth-order valence-electron chi connectivity index (χ4n) is 2.70. The predicted octanol–water partition coefficient (Wildman–Crippen LogP) is 9.96. The molecule has 0 saturated carbocycles. The van der Waals surface area contributed by atoms with E-state index in [0.29, 0.717) is 10.8 Å². The van der Waals surface area contributed by atoms with Gasteiger partial charge in [0.2, 0.25) is 0 Å². The van der Waals surface area contributed by atoms with Crippen molar-refractivity contribution in [1.82, 2.24) is 0 Å². The topological polar surface area (TPSA) is 0 Å². The lowest BCUT2D eigenvalue weighted by Crippen LogP contribution is -2.10. The average molecular weight is 439 g/mol. The number of hydrogen-bond donors (Lipinski definition) is 0. The van der Waals surface area contributed by atoms with Crippen LogP contribution in [0.25, 0.3) is 0 Å². The molecular weight excluding hydrogens is 392 g/mol. The molecule has 3 aromatic rings. The van der Waals surface area contributed by atoms with Crippen LogP contribution in [0.1, 0.15) is 91.3 Å². The van der Waals surface area contributed by atoms with Gasteiger partial charge in [0.1, 0.15) is 0 Å².